The number of fused-ring (bicyclic) bond motifs is 1. The van der Waals surface area contributed by atoms with Crippen molar-refractivity contribution in [2.24, 2.45) is 0 Å². The van der Waals surface area contributed by atoms with Gasteiger partial charge in [-0.3, -0.25) is 4.98 Å². The number of aromatic carboxylic acids is 1. The van der Waals surface area contributed by atoms with E-state index in [-0.39, 0.29) is 11.5 Å². The van der Waals surface area contributed by atoms with Crippen LogP contribution >= 0.6 is 0 Å². The molecule has 1 aromatic heterocycles. The second-order valence-corrected chi connectivity index (χ2v) is 4.37. The molecular formula is C14H14FNO2. The van der Waals surface area contributed by atoms with Crippen LogP contribution in [0, 0.1) is 5.82 Å². The van der Waals surface area contributed by atoms with E-state index < -0.39 is 11.8 Å². The predicted molar refractivity (Wildman–Crippen MR) is 67.4 cm³/mol. The lowest BCUT2D eigenvalue weighted by Crippen LogP contribution is -2.04. The van der Waals surface area contributed by atoms with Crippen molar-refractivity contribution in [1.82, 2.24) is 4.98 Å². The fraction of sp³-hybridized carbons (Fsp3) is 0.286. The molecule has 2 aromatic rings. The molecule has 3 nitrogen and oxygen atoms in total. The van der Waals surface area contributed by atoms with E-state index in [9.17, 15) is 14.3 Å². The Balaban J connectivity index is 2.74. The molecule has 18 heavy (non-hydrogen) atoms. The molecule has 0 saturated carbocycles. The van der Waals surface area contributed by atoms with Gasteiger partial charge in [0, 0.05) is 11.1 Å². The Hall–Kier alpha value is -1.97. The van der Waals surface area contributed by atoms with Crippen molar-refractivity contribution in [3.8, 4) is 0 Å². The van der Waals surface area contributed by atoms with Gasteiger partial charge in [0.05, 0.1) is 11.1 Å². The highest BCUT2D eigenvalue weighted by Gasteiger charge is 2.15. The van der Waals surface area contributed by atoms with Crippen molar-refractivity contribution < 1.29 is 14.3 Å². The van der Waals surface area contributed by atoms with Gasteiger partial charge < -0.3 is 5.11 Å². The minimum atomic E-state index is -1.06. The van der Waals surface area contributed by atoms with Crippen LogP contribution in [0.5, 0.6) is 0 Å². The van der Waals surface area contributed by atoms with Crippen LogP contribution in [0.15, 0.2) is 24.3 Å². The molecule has 2 rings (SSSR count). The molecule has 0 fully saturated rings. The summed E-state index contributed by atoms with van der Waals surface area (Å²) in [5.74, 6) is -1.34. The van der Waals surface area contributed by atoms with E-state index in [4.69, 9.17) is 0 Å². The maximum absolute atomic E-state index is 13.2. The summed E-state index contributed by atoms with van der Waals surface area (Å²) in [5, 5.41) is 9.54. The zero-order valence-electron chi connectivity index (χ0n) is 10.3. The summed E-state index contributed by atoms with van der Waals surface area (Å²) in [7, 11) is 0. The van der Waals surface area contributed by atoms with E-state index in [1.54, 1.807) is 0 Å². The summed E-state index contributed by atoms with van der Waals surface area (Å²) in [6.45, 7) is 4.00. The van der Waals surface area contributed by atoms with E-state index in [0.29, 0.717) is 10.9 Å². The van der Waals surface area contributed by atoms with Gasteiger partial charge in [-0.2, -0.15) is 0 Å². The van der Waals surface area contributed by atoms with Crippen molar-refractivity contribution in [2.45, 2.75) is 26.2 Å². The average Bonchev–Trinajstić information content (AvgIpc) is 2.36. The maximum Gasteiger partial charge on any atom is 0.336 e. The van der Waals surface area contributed by atoms with Crippen LogP contribution in [-0.4, -0.2) is 16.1 Å². The predicted octanol–water partition coefficient (Wildman–Crippen LogP) is 3.59. The highest BCUT2D eigenvalue weighted by Crippen LogP contribution is 2.24. The normalized spacial score (nSPS) is 12.6. The number of benzene rings is 1. The summed E-state index contributed by atoms with van der Waals surface area (Å²) in [6.07, 6.45) is 0.874. The van der Waals surface area contributed by atoms with Gasteiger partial charge in [-0.1, -0.05) is 13.8 Å². The van der Waals surface area contributed by atoms with Crippen molar-refractivity contribution in [2.75, 3.05) is 0 Å². The maximum atomic E-state index is 13.2. The van der Waals surface area contributed by atoms with E-state index in [1.807, 2.05) is 13.8 Å². The lowest BCUT2D eigenvalue weighted by Gasteiger charge is -2.11. The molecule has 94 valence electrons. The molecule has 1 aromatic carbocycles. The number of rotatable bonds is 3. The van der Waals surface area contributed by atoms with Crippen LogP contribution in [0.4, 0.5) is 4.39 Å². The fourth-order valence-corrected chi connectivity index (χ4v) is 1.86. The Kier molecular flexibility index (Phi) is 3.28. The Morgan fingerprint density at radius 3 is 2.78 bits per heavy atom. The van der Waals surface area contributed by atoms with Crippen LogP contribution in [-0.2, 0) is 0 Å². The molecule has 1 unspecified atom stereocenters. The van der Waals surface area contributed by atoms with Gasteiger partial charge in [0.25, 0.3) is 0 Å². The van der Waals surface area contributed by atoms with Gasteiger partial charge in [-0.15, -0.1) is 0 Å². The van der Waals surface area contributed by atoms with Gasteiger partial charge in [0.2, 0.25) is 0 Å². The molecule has 0 aliphatic carbocycles. The Labute approximate surface area is 104 Å². The van der Waals surface area contributed by atoms with Crippen LogP contribution in [0.2, 0.25) is 0 Å². The van der Waals surface area contributed by atoms with Crippen LogP contribution in [0.1, 0.15) is 42.2 Å². The Bertz CT molecular complexity index is 610. The molecule has 0 saturated heterocycles. The lowest BCUT2D eigenvalue weighted by molar-refractivity contribution is 0.0699. The number of pyridine rings is 1. The molecule has 4 heteroatoms. The summed E-state index contributed by atoms with van der Waals surface area (Å²) >= 11 is 0. The number of aromatic nitrogens is 1. The van der Waals surface area contributed by atoms with Gasteiger partial charge in [-0.05, 0) is 36.6 Å². The third-order valence-electron chi connectivity index (χ3n) is 3.14. The fourth-order valence-electron chi connectivity index (χ4n) is 1.86. The molecule has 0 aliphatic heterocycles. The quantitative estimate of drug-likeness (QED) is 0.901. The zero-order chi connectivity index (χ0) is 13.3. The minimum absolute atomic E-state index is 0.106. The van der Waals surface area contributed by atoms with Gasteiger partial charge in [0.1, 0.15) is 5.82 Å². The first kappa shape index (κ1) is 12.5. The summed E-state index contributed by atoms with van der Waals surface area (Å²) < 4.78 is 13.2. The second-order valence-electron chi connectivity index (χ2n) is 4.37. The molecule has 0 spiro atoms. The molecule has 0 amide bonds. The highest BCUT2D eigenvalue weighted by molar-refractivity contribution is 6.02. The number of hydrogen-bond acceptors (Lipinski definition) is 2. The summed E-state index contributed by atoms with van der Waals surface area (Å²) in [6, 6.07) is 5.56. The third-order valence-corrected chi connectivity index (χ3v) is 3.14. The smallest absolute Gasteiger partial charge is 0.336 e. The molecular weight excluding hydrogens is 233 g/mol. The minimum Gasteiger partial charge on any atom is -0.478 e. The van der Waals surface area contributed by atoms with Crippen LogP contribution < -0.4 is 0 Å². The van der Waals surface area contributed by atoms with Gasteiger partial charge in [0.15, 0.2) is 0 Å². The number of hydrogen-bond donors (Lipinski definition) is 1. The number of carboxylic acid groups (broad SMARTS) is 1. The first-order valence-corrected chi connectivity index (χ1v) is 5.86. The number of carbonyl (C=O) groups is 1. The first-order chi connectivity index (χ1) is 8.52. The van der Waals surface area contributed by atoms with Crippen molar-refractivity contribution in [1.29, 1.82) is 0 Å². The first-order valence-electron chi connectivity index (χ1n) is 5.86. The highest BCUT2D eigenvalue weighted by atomic mass is 19.1. The van der Waals surface area contributed by atoms with Gasteiger partial charge >= 0.3 is 5.97 Å². The van der Waals surface area contributed by atoms with Crippen molar-refractivity contribution >= 4 is 16.9 Å². The Morgan fingerprint density at radius 2 is 2.17 bits per heavy atom. The monoisotopic (exact) mass is 247 g/mol. The number of carboxylic acids is 1. The average molecular weight is 247 g/mol. The molecule has 1 N–H and O–H groups in total. The third kappa shape index (κ3) is 2.18. The van der Waals surface area contributed by atoms with Crippen molar-refractivity contribution in [3.05, 3.63) is 41.3 Å². The largest absolute Gasteiger partial charge is 0.478 e. The standard InChI is InChI=1S/C14H14FNO2/c1-3-8(2)13-7-11(14(17)18)10-6-9(15)4-5-12(10)16-13/h4-8H,3H2,1-2H3,(H,17,18). The van der Waals surface area contributed by atoms with Crippen molar-refractivity contribution in [3.63, 3.8) is 0 Å². The Morgan fingerprint density at radius 1 is 1.44 bits per heavy atom. The molecule has 0 bridgehead atoms. The molecule has 1 heterocycles. The van der Waals surface area contributed by atoms with Crippen LogP contribution in [0.3, 0.4) is 0 Å². The topological polar surface area (TPSA) is 50.2 Å². The zero-order valence-corrected chi connectivity index (χ0v) is 10.3. The van der Waals surface area contributed by atoms with E-state index in [0.717, 1.165) is 12.1 Å². The second kappa shape index (κ2) is 4.72. The number of halogens is 1. The number of nitrogens with zero attached hydrogens (tertiary/aromatic N) is 1. The summed E-state index contributed by atoms with van der Waals surface area (Å²) in [4.78, 5) is 15.6. The van der Waals surface area contributed by atoms with E-state index >= 15 is 0 Å². The molecule has 0 aliphatic rings. The van der Waals surface area contributed by atoms with E-state index in [1.165, 1.54) is 24.3 Å². The van der Waals surface area contributed by atoms with Crippen LogP contribution in [0.25, 0.3) is 10.9 Å². The molecule has 1 atom stereocenters. The summed E-state index contributed by atoms with van der Waals surface area (Å²) in [5.41, 5.74) is 1.36. The molecule has 0 radical (unpaired) electrons. The SMILES string of the molecule is CCC(C)c1cc(C(=O)O)c2cc(F)ccc2n1. The lowest BCUT2D eigenvalue weighted by atomic mass is 10.00. The van der Waals surface area contributed by atoms with E-state index in [2.05, 4.69) is 4.98 Å². The van der Waals surface area contributed by atoms with Gasteiger partial charge in [-0.25, -0.2) is 9.18 Å².